The number of carboxylic acid groups (broad SMARTS) is 1. The van der Waals surface area contributed by atoms with Crippen LogP contribution in [0, 0.1) is 11.6 Å². The zero-order valence-corrected chi connectivity index (χ0v) is 16.9. The van der Waals surface area contributed by atoms with E-state index in [9.17, 15) is 27.1 Å². The molecule has 150 valence electrons. The zero-order chi connectivity index (χ0) is 20.7. The van der Waals surface area contributed by atoms with Crippen molar-refractivity contribution in [2.24, 2.45) is 0 Å². The third kappa shape index (κ3) is 3.78. The van der Waals surface area contributed by atoms with Gasteiger partial charge < -0.3 is 5.11 Å². The van der Waals surface area contributed by atoms with Crippen molar-refractivity contribution in [3.8, 4) is 11.1 Å². The van der Waals surface area contributed by atoms with Gasteiger partial charge in [0.15, 0.2) is 0 Å². The van der Waals surface area contributed by atoms with E-state index in [0.717, 1.165) is 16.4 Å². The normalized spacial score (nSPS) is 20.1. The summed E-state index contributed by atoms with van der Waals surface area (Å²) in [5, 5.41) is 9.61. The van der Waals surface area contributed by atoms with E-state index in [1.165, 1.54) is 42.1 Å². The predicted molar refractivity (Wildman–Crippen MR) is 104 cm³/mol. The van der Waals surface area contributed by atoms with Crippen LogP contribution in [0.5, 0.6) is 0 Å². The van der Waals surface area contributed by atoms with Gasteiger partial charge in [0.05, 0.1) is 4.90 Å². The maximum atomic E-state index is 14.0. The molecule has 2 aromatic rings. The summed E-state index contributed by atoms with van der Waals surface area (Å²) in [7, 11) is -4.06. The predicted octanol–water partition coefficient (Wildman–Crippen LogP) is 3.60. The van der Waals surface area contributed by atoms with E-state index < -0.39 is 38.4 Å². The number of aliphatic carboxylic acids is 1. The molecule has 0 amide bonds. The van der Waals surface area contributed by atoms with Crippen LogP contribution >= 0.6 is 11.8 Å². The van der Waals surface area contributed by atoms with Gasteiger partial charge in [0.25, 0.3) is 0 Å². The number of rotatable bonds is 4. The molecule has 0 saturated carbocycles. The summed E-state index contributed by atoms with van der Waals surface area (Å²) >= 11 is 1.42. The summed E-state index contributed by atoms with van der Waals surface area (Å²) in [5.41, 5.74) is 0.532. The van der Waals surface area contributed by atoms with Crippen molar-refractivity contribution in [1.29, 1.82) is 0 Å². The molecule has 2 aromatic carbocycles. The summed E-state index contributed by atoms with van der Waals surface area (Å²) in [6, 6.07) is 7.40. The maximum Gasteiger partial charge on any atom is 0.323 e. The largest absolute Gasteiger partial charge is 0.480 e. The Morgan fingerprint density at radius 2 is 1.82 bits per heavy atom. The smallest absolute Gasteiger partial charge is 0.323 e. The average Bonchev–Trinajstić information content (AvgIpc) is 2.60. The molecular weight excluding hydrogens is 408 g/mol. The van der Waals surface area contributed by atoms with Crippen LogP contribution in [0.25, 0.3) is 11.1 Å². The van der Waals surface area contributed by atoms with Crippen molar-refractivity contribution in [3.63, 3.8) is 0 Å². The van der Waals surface area contributed by atoms with E-state index >= 15 is 0 Å². The molecule has 0 bridgehead atoms. The molecule has 1 heterocycles. The summed E-state index contributed by atoms with van der Waals surface area (Å²) in [4.78, 5) is 11.7. The van der Waals surface area contributed by atoms with Crippen LogP contribution in [0.4, 0.5) is 8.78 Å². The Kier molecular flexibility index (Phi) is 5.53. The fourth-order valence-corrected chi connectivity index (χ4v) is 6.39. The van der Waals surface area contributed by atoms with Crippen LogP contribution < -0.4 is 0 Å². The van der Waals surface area contributed by atoms with Crippen LogP contribution in [-0.2, 0) is 14.8 Å². The molecule has 1 unspecified atom stereocenters. The molecule has 1 fully saturated rings. The second-order valence-corrected chi connectivity index (χ2v) is 10.6. The Morgan fingerprint density at radius 1 is 1.18 bits per heavy atom. The van der Waals surface area contributed by atoms with Gasteiger partial charge in [0.1, 0.15) is 17.7 Å². The summed E-state index contributed by atoms with van der Waals surface area (Å²) < 4.78 is 53.4. The molecule has 1 aliphatic rings. The van der Waals surface area contributed by atoms with Gasteiger partial charge in [-0.25, -0.2) is 17.2 Å². The van der Waals surface area contributed by atoms with Gasteiger partial charge >= 0.3 is 5.97 Å². The fraction of sp³-hybridized carbons (Fsp3) is 0.316. The van der Waals surface area contributed by atoms with Gasteiger partial charge in [0.2, 0.25) is 10.0 Å². The van der Waals surface area contributed by atoms with Crippen molar-refractivity contribution in [2.45, 2.75) is 29.5 Å². The number of thioether (sulfide) groups is 1. The first-order valence-corrected chi connectivity index (χ1v) is 10.9. The number of hydrogen-bond donors (Lipinski definition) is 1. The molecule has 1 atom stereocenters. The lowest BCUT2D eigenvalue weighted by atomic mass is 10.0. The molecule has 5 nitrogen and oxygen atoms in total. The maximum absolute atomic E-state index is 14.0. The molecule has 1 N–H and O–H groups in total. The molecule has 3 rings (SSSR count). The van der Waals surface area contributed by atoms with Crippen LogP contribution in [0.2, 0.25) is 0 Å². The highest BCUT2D eigenvalue weighted by molar-refractivity contribution is 8.00. The second kappa shape index (κ2) is 7.46. The van der Waals surface area contributed by atoms with E-state index in [0.29, 0.717) is 11.3 Å². The number of halogens is 2. The summed E-state index contributed by atoms with van der Waals surface area (Å²) in [5.74, 6) is -2.18. The number of benzene rings is 2. The number of nitrogens with zero attached hydrogens (tertiary/aromatic N) is 1. The summed E-state index contributed by atoms with van der Waals surface area (Å²) in [6.07, 6.45) is 0. The lowest BCUT2D eigenvalue weighted by molar-refractivity contribution is -0.142. The fourth-order valence-electron chi connectivity index (χ4n) is 3.30. The van der Waals surface area contributed by atoms with Gasteiger partial charge in [-0.1, -0.05) is 12.1 Å². The number of carboxylic acids is 1. The Morgan fingerprint density at radius 3 is 2.39 bits per heavy atom. The topological polar surface area (TPSA) is 74.7 Å². The standard InChI is InChI=1S/C19H19F2NO4S2/c1-19(2)17(18(23)24)22(9-10-27-19)28(25,26)14-6-3-12(4-7-14)15-8-5-13(20)11-16(15)21/h3-8,11,17H,9-10H2,1-2H3,(H,23,24). The molecular formula is C19H19F2NO4S2. The quantitative estimate of drug-likeness (QED) is 0.807. The number of carbonyl (C=O) groups is 1. The Balaban J connectivity index is 1.97. The van der Waals surface area contributed by atoms with Crippen LogP contribution in [0.1, 0.15) is 13.8 Å². The second-order valence-electron chi connectivity index (χ2n) is 6.96. The van der Waals surface area contributed by atoms with Crippen molar-refractivity contribution < 1.29 is 27.1 Å². The van der Waals surface area contributed by atoms with Crippen molar-refractivity contribution in [3.05, 3.63) is 54.1 Å². The zero-order valence-electron chi connectivity index (χ0n) is 15.2. The Hall–Kier alpha value is -1.97. The highest BCUT2D eigenvalue weighted by Gasteiger charge is 2.48. The first-order chi connectivity index (χ1) is 13.0. The molecule has 0 aliphatic carbocycles. The Labute approximate surface area is 166 Å². The van der Waals surface area contributed by atoms with E-state index in [1.54, 1.807) is 13.8 Å². The monoisotopic (exact) mass is 427 g/mol. The number of hydrogen-bond acceptors (Lipinski definition) is 4. The van der Waals surface area contributed by atoms with Crippen LogP contribution in [-0.4, -0.2) is 46.9 Å². The highest BCUT2D eigenvalue weighted by Crippen LogP contribution is 2.38. The first-order valence-electron chi connectivity index (χ1n) is 8.48. The van der Waals surface area contributed by atoms with E-state index in [4.69, 9.17) is 0 Å². The van der Waals surface area contributed by atoms with E-state index in [1.807, 2.05) is 0 Å². The van der Waals surface area contributed by atoms with Crippen LogP contribution in [0.15, 0.2) is 47.4 Å². The lowest BCUT2D eigenvalue weighted by Crippen LogP contribution is -2.58. The van der Waals surface area contributed by atoms with Crippen molar-refractivity contribution in [2.75, 3.05) is 12.3 Å². The van der Waals surface area contributed by atoms with E-state index in [-0.39, 0.29) is 17.0 Å². The first kappa shape index (κ1) is 20.8. The third-order valence-corrected chi connectivity index (χ3v) is 7.90. The average molecular weight is 427 g/mol. The molecule has 0 aromatic heterocycles. The van der Waals surface area contributed by atoms with Gasteiger partial charge in [0, 0.05) is 28.7 Å². The molecule has 1 saturated heterocycles. The van der Waals surface area contributed by atoms with Crippen molar-refractivity contribution in [1.82, 2.24) is 4.31 Å². The number of sulfonamides is 1. The van der Waals surface area contributed by atoms with Gasteiger partial charge in [-0.3, -0.25) is 4.79 Å². The summed E-state index contributed by atoms with van der Waals surface area (Å²) in [6.45, 7) is 3.50. The van der Waals surface area contributed by atoms with Gasteiger partial charge in [-0.05, 0) is 43.7 Å². The molecule has 28 heavy (non-hydrogen) atoms. The van der Waals surface area contributed by atoms with Gasteiger partial charge in [-0.15, -0.1) is 0 Å². The van der Waals surface area contributed by atoms with Crippen LogP contribution in [0.3, 0.4) is 0 Å². The van der Waals surface area contributed by atoms with E-state index in [2.05, 4.69) is 0 Å². The molecule has 0 spiro atoms. The SMILES string of the molecule is CC1(C)SCCN(S(=O)(=O)c2ccc(-c3ccc(F)cc3F)cc2)C1C(=O)O. The third-order valence-electron chi connectivity index (χ3n) is 4.67. The minimum atomic E-state index is -4.06. The Bertz CT molecular complexity index is 1010. The molecule has 1 aliphatic heterocycles. The highest BCUT2D eigenvalue weighted by atomic mass is 32.2. The minimum absolute atomic E-state index is 0.0762. The van der Waals surface area contributed by atoms with Gasteiger partial charge in [-0.2, -0.15) is 16.1 Å². The van der Waals surface area contributed by atoms with Crippen molar-refractivity contribution >= 4 is 27.8 Å². The lowest BCUT2D eigenvalue weighted by Gasteiger charge is -2.42. The molecule has 0 radical (unpaired) electrons. The minimum Gasteiger partial charge on any atom is -0.480 e. The molecule has 9 heteroatoms.